The third kappa shape index (κ3) is 3.82. The second-order valence-corrected chi connectivity index (χ2v) is 6.81. The van der Waals surface area contributed by atoms with Crippen molar-refractivity contribution in [1.82, 2.24) is 9.55 Å². The van der Waals surface area contributed by atoms with Crippen molar-refractivity contribution < 1.29 is 14.3 Å². The van der Waals surface area contributed by atoms with Crippen molar-refractivity contribution in [3.63, 3.8) is 0 Å². The molecular formula is C21H19ClN2O4. The number of esters is 1. The van der Waals surface area contributed by atoms with Crippen LogP contribution in [0.2, 0.25) is 5.02 Å². The zero-order valence-corrected chi connectivity index (χ0v) is 16.5. The number of Topliss-reactive ketones (excluding diaryl/α,β-unsaturated/α-hetero) is 1. The fourth-order valence-corrected chi connectivity index (χ4v) is 3.07. The molecule has 28 heavy (non-hydrogen) atoms. The van der Waals surface area contributed by atoms with Gasteiger partial charge in [0.25, 0.3) is 5.56 Å². The number of hydrogen-bond acceptors (Lipinski definition) is 5. The summed E-state index contributed by atoms with van der Waals surface area (Å²) in [5, 5.41) is 0.519. The van der Waals surface area contributed by atoms with Crippen LogP contribution in [-0.4, -0.2) is 27.4 Å². The molecule has 7 heteroatoms. The monoisotopic (exact) mass is 398 g/mol. The number of nitrogens with zero attached hydrogens (tertiary/aromatic N) is 2. The highest BCUT2D eigenvalue weighted by Gasteiger charge is 2.21. The number of halogens is 1. The van der Waals surface area contributed by atoms with Crippen LogP contribution in [0.25, 0.3) is 11.0 Å². The number of ether oxygens (including phenoxy) is 1. The number of rotatable bonds is 5. The Labute approximate surface area is 166 Å². The number of fused-ring (bicyclic) bond motifs is 1. The fourth-order valence-electron chi connectivity index (χ4n) is 2.95. The van der Waals surface area contributed by atoms with Crippen molar-refractivity contribution in [2.75, 3.05) is 0 Å². The van der Waals surface area contributed by atoms with E-state index in [1.54, 1.807) is 54.0 Å². The first-order chi connectivity index (χ1) is 13.3. The molecule has 144 valence electrons. The summed E-state index contributed by atoms with van der Waals surface area (Å²) in [5.41, 5.74) is 2.02. The molecule has 0 aliphatic rings. The van der Waals surface area contributed by atoms with Crippen LogP contribution in [0.4, 0.5) is 0 Å². The molecule has 0 spiro atoms. The number of aryl methyl sites for hydroxylation is 2. The van der Waals surface area contributed by atoms with Crippen molar-refractivity contribution in [2.45, 2.75) is 33.4 Å². The van der Waals surface area contributed by atoms with Crippen molar-refractivity contribution in [2.24, 2.45) is 0 Å². The minimum absolute atomic E-state index is 0.160. The molecule has 0 aliphatic carbocycles. The number of carbonyl (C=O) groups excluding carboxylic acids is 2. The Kier molecular flexibility index (Phi) is 5.61. The highest BCUT2D eigenvalue weighted by Crippen LogP contribution is 2.17. The van der Waals surface area contributed by atoms with Crippen LogP contribution < -0.4 is 5.56 Å². The summed E-state index contributed by atoms with van der Waals surface area (Å²) >= 11 is 5.83. The highest BCUT2D eigenvalue weighted by molar-refractivity contribution is 6.30. The molecule has 0 unspecified atom stereocenters. The summed E-state index contributed by atoms with van der Waals surface area (Å²) in [6.45, 7) is 5.51. The minimum Gasteiger partial charge on any atom is -0.451 e. The van der Waals surface area contributed by atoms with Crippen LogP contribution in [0.1, 0.15) is 40.3 Å². The van der Waals surface area contributed by atoms with E-state index in [0.717, 1.165) is 0 Å². The van der Waals surface area contributed by atoms with Crippen LogP contribution in [-0.2, 0) is 11.3 Å². The average molecular weight is 399 g/mol. The van der Waals surface area contributed by atoms with Gasteiger partial charge in [0.1, 0.15) is 5.69 Å². The van der Waals surface area contributed by atoms with Crippen molar-refractivity contribution >= 4 is 34.4 Å². The van der Waals surface area contributed by atoms with Gasteiger partial charge in [-0.1, -0.05) is 11.6 Å². The lowest BCUT2D eigenvalue weighted by Gasteiger charge is -2.13. The molecule has 2 aromatic carbocycles. The third-order valence-corrected chi connectivity index (χ3v) is 4.69. The van der Waals surface area contributed by atoms with Gasteiger partial charge in [-0.05, 0) is 63.2 Å². The summed E-state index contributed by atoms with van der Waals surface area (Å²) < 4.78 is 6.92. The SMILES string of the molecule is CCn1c(=O)c(C)nc2cc(C(=O)O[C@H](C)C(=O)c3ccc(Cl)cc3)ccc21. The Bertz CT molecular complexity index is 1120. The van der Waals surface area contributed by atoms with Gasteiger partial charge in [-0.25, -0.2) is 9.78 Å². The Morgan fingerprint density at radius 3 is 2.43 bits per heavy atom. The Morgan fingerprint density at radius 1 is 1.14 bits per heavy atom. The first-order valence-electron chi connectivity index (χ1n) is 8.83. The van der Waals surface area contributed by atoms with Gasteiger partial charge in [0.05, 0.1) is 16.6 Å². The molecule has 0 N–H and O–H groups in total. The number of aromatic nitrogens is 2. The van der Waals surface area contributed by atoms with Crippen LogP contribution in [0.3, 0.4) is 0 Å². The minimum atomic E-state index is -0.955. The quantitative estimate of drug-likeness (QED) is 0.482. The van der Waals surface area contributed by atoms with Crippen molar-refractivity contribution in [1.29, 1.82) is 0 Å². The number of ketones is 1. The summed E-state index contributed by atoms with van der Waals surface area (Å²) in [6.07, 6.45) is -0.955. The van der Waals surface area contributed by atoms with Crippen molar-refractivity contribution in [3.05, 3.63) is 74.7 Å². The molecule has 3 aromatic rings. The van der Waals surface area contributed by atoms with Gasteiger partial charge >= 0.3 is 5.97 Å². The maximum atomic E-state index is 12.5. The summed E-state index contributed by atoms with van der Waals surface area (Å²) in [6, 6.07) is 11.2. The predicted molar refractivity (Wildman–Crippen MR) is 107 cm³/mol. The Morgan fingerprint density at radius 2 is 1.79 bits per heavy atom. The van der Waals surface area contributed by atoms with E-state index < -0.39 is 12.1 Å². The summed E-state index contributed by atoms with van der Waals surface area (Å²) in [5.74, 6) is -0.954. The van der Waals surface area contributed by atoms with Crippen molar-refractivity contribution in [3.8, 4) is 0 Å². The number of carbonyl (C=O) groups is 2. The van der Waals surface area contributed by atoms with E-state index in [0.29, 0.717) is 33.9 Å². The number of hydrogen-bond donors (Lipinski definition) is 0. The Balaban J connectivity index is 1.85. The molecule has 6 nitrogen and oxygen atoms in total. The molecular weight excluding hydrogens is 380 g/mol. The fraction of sp³-hybridized carbons (Fsp3) is 0.238. The second kappa shape index (κ2) is 7.94. The molecule has 1 heterocycles. The van der Waals surface area contributed by atoms with Gasteiger partial charge in [0.2, 0.25) is 5.78 Å². The van der Waals surface area contributed by atoms with E-state index in [-0.39, 0.29) is 16.9 Å². The van der Waals surface area contributed by atoms with E-state index in [4.69, 9.17) is 16.3 Å². The molecule has 3 rings (SSSR count). The number of benzene rings is 2. The third-order valence-electron chi connectivity index (χ3n) is 4.44. The van der Waals surface area contributed by atoms with Gasteiger partial charge in [0.15, 0.2) is 6.10 Å². The van der Waals surface area contributed by atoms with Gasteiger partial charge in [-0.3, -0.25) is 9.59 Å². The van der Waals surface area contributed by atoms with Crippen LogP contribution in [0.15, 0.2) is 47.3 Å². The molecule has 0 amide bonds. The largest absolute Gasteiger partial charge is 0.451 e. The maximum absolute atomic E-state index is 12.5. The molecule has 0 radical (unpaired) electrons. The van der Waals surface area contributed by atoms with Gasteiger partial charge < -0.3 is 9.30 Å². The van der Waals surface area contributed by atoms with Gasteiger partial charge in [-0.2, -0.15) is 0 Å². The predicted octanol–water partition coefficient (Wildman–Crippen LogP) is 3.81. The van der Waals surface area contributed by atoms with E-state index in [1.807, 2.05) is 6.92 Å². The summed E-state index contributed by atoms with van der Waals surface area (Å²) in [7, 11) is 0. The topological polar surface area (TPSA) is 78.3 Å². The molecule has 0 saturated heterocycles. The van der Waals surface area contributed by atoms with Crippen LogP contribution in [0.5, 0.6) is 0 Å². The molecule has 0 bridgehead atoms. The Hall–Kier alpha value is -2.99. The smallest absolute Gasteiger partial charge is 0.338 e. The lowest BCUT2D eigenvalue weighted by molar-refractivity contribution is 0.0319. The van der Waals surface area contributed by atoms with E-state index in [1.165, 1.54) is 6.92 Å². The molecule has 0 aliphatic heterocycles. The summed E-state index contributed by atoms with van der Waals surface area (Å²) in [4.78, 5) is 41.4. The first kappa shape index (κ1) is 19.8. The van der Waals surface area contributed by atoms with Crippen LogP contribution in [0, 0.1) is 6.92 Å². The molecule has 1 atom stereocenters. The van der Waals surface area contributed by atoms with Crippen LogP contribution >= 0.6 is 11.6 Å². The normalized spacial score (nSPS) is 12.0. The average Bonchev–Trinajstić information content (AvgIpc) is 2.68. The lowest BCUT2D eigenvalue weighted by Crippen LogP contribution is -2.25. The lowest BCUT2D eigenvalue weighted by atomic mass is 10.1. The van der Waals surface area contributed by atoms with E-state index in [9.17, 15) is 14.4 Å². The standard InChI is InChI=1S/C21H19ClN2O4/c1-4-24-18-10-7-15(11-17(18)23-12(2)20(24)26)21(27)28-13(3)19(25)14-5-8-16(22)9-6-14/h5-11,13H,4H2,1-3H3/t13-/m1/s1. The highest BCUT2D eigenvalue weighted by atomic mass is 35.5. The molecule has 0 saturated carbocycles. The molecule has 1 aromatic heterocycles. The van der Waals surface area contributed by atoms with E-state index >= 15 is 0 Å². The zero-order chi connectivity index (χ0) is 20.4. The zero-order valence-electron chi connectivity index (χ0n) is 15.7. The second-order valence-electron chi connectivity index (χ2n) is 6.37. The van der Waals surface area contributed by atoms with Gasteiger partial charge in [0, 0.05) is 17.1 Å². The van der Waals surface area contributed by atoms with E-state index in [2.05, 4.69) is 4.98 Å². The van der Waals surface area contributed by atoms with Gasteiger partial charge in [-0.15, -0.1) is 0 Å². The maximum Gasteiger partial charge on any atom is 0.338 e. The first-order valence-corrected chi connectivity index (χ1v) is 9.21. The molecule has 0 fully saturated rings.